The van der Waals surface area contributed by atoms with Crippen molar-refractivity contribution in [1.29, 1.82) is 0 Å². The lowest BCUT2D eigenvalue weighted by atomic mass is 10.2. The molecule has 0 radical (unpaired) electrons. The van der Waals surface area contributed by atoms with Crippen molar-refractivity contribution in [3.63, 3.8) is 0 Å². The predicted molar refractivity (Wildman–Crippen MR) is 58.5 cm³/mol. The maximum Gasteiger partial charge on any atom is 0.0855 e. The lowest BCUT2D eigenvalue weighted by Crippen LogP contribution is -2.06. The Bertz CT molecular complexity index is 462. The van der Waals surface area contributed by atoms with Crippen LogP contribution in [0, 0.1) is 0 Å². The molecule has 1 heterocycles. The number of nitrogens with one attached hydrogen (secondary N) is 1. The molecule has 2 aromatic rings. The molecular weight excluding hydrogens is 198 g/mol. The molecule has 0 bridgehead atoms. The van der Waals surface area contributed by atoms with Crippen LogP contribution in [0.5, 0.6) is 0 Å². The van der Waals surface area contributed by atoms with Crippen LogP contribution in [-0.2, 0) is 13.6 Å². The molecule has 14 heavy (non-hydrogen) atoms. The summed E-state index contributed by atoms with van der Waals surface area (Å²) in [6.07, 6.45) is 0. The number of aryl methyl sites for hydroxylation is 1. The van der Waals surface area contributed by atoms with Crippen molar-refractivity contribution in [2.24, 2.45) is 7.05 Å². The molecular formula is C10H12ClN3. The Kier molecular flexibility index (Phi) is 2.44. The predicted octanol–water partition coefficient (Wildman–Crippen LogP) is 1.95. The Hall–Kier alpha value is -1.06. The summed E-state index contributed by atoms with van der Waals surface area (Å²) in [6.45, 7) is 0.737. The number of nitrogens with zero attached hydrogens (tertiary/aromatic N) is 2. The van der Waals surface area contributed by atoms with E-state index in [2.05, 4.69) is 10.4 Å². The van der Waals surface area contributed by atoms with Gasteiger partial charge in [0.05, 0.1) is 16.2 Å². The second-order valence-corrected chi connectivity index (χ2v) is 3.64. The molecule has 0 saturated carbocycles. The third-order valence-electron chi connectivity index (χ3n) is 2.24. The largest absolute Gasteiger partial charge is 0.314 e. The van der Waals surface area contributed by atoms with Gasteiger partial charge in [-0.3, -0.25) is 4.68 Å². The van der Waals surface area contributed by atoms with Crippen molar-refractivity contribution in [3.05, 3.63) is 28.9 Å². The van der Waals surface area contributed by atoms with E-state index in [1.54, 1.807) is 0 Å². The van der Waals surface area contributed by atoms with Gasteiger partial charge in [0.2, 0.25) is 0 Å². The van der Waals surface area contributed by atoms with Crippen LogP contribution < -0.4 is 5.32 Å². The van der Waals surface area contributed by atoms with Gasteiger partial charge in [-0.25, -0.2) is 0 Å². The van der Waals surface area contributed by atoms with Crippen molar-refractivity contribution in [2.75, 3.05) is 7.05 Å². The van der Waals surface area contributed by atoms with Crippen LogP contribution in [-0.4, -0.2) is 16.8 Å². The zero-order valence-corrected chi connectivity index (χ0v) is 8.97. The van der Waals surface area contributed by atoms with Gasteiger partial charge in [0.1, 0.15) is 0 Å². The summed E-state index contributed by atoms with van der Waals surface area (Å²) < 4.78 is 1.86. The van der Waals surface area contributed by atoms with E-state index in [-0.39, 0.29) is 0 Å². The quantitative estimate of drug-likeness (QED) is 0.820. The summed E-state index contributed by atoms with van der Waals surface area (Å²) >= 11 is 6.13. The third kappa shape index (κ3) is 1.38. The number of halogens is 1. The molecule has 2 rings (SSSR count). The Morgan fingerprint density at radius 2 is 2.29 bits per heavy atom. The molecule has 0 saturated heterocycles. The molecule has 1 aromatic heterocycles. The van der Waals surface area contributed by atoms with E-state index >= 15 is 0 Å². The fraction of sp³-hybridized carbons (Fsp3) is 0.300. The van der Waals surface area contributed by atoms with Crippen molar-refractivity contribution >= 4 is 22.5 Å². The highest BCUT2D eigenvalue weighted by Gasteiger charge is 2.10. The van der Waals surface area contributed by atoms with Gasteiger partial charge in [-0.1, -0.05) is 17.7 Å². The fourth-order valence-electron chi connectivity index (χ4n) is 1.64. The highest BCUT2D eigenvalue weighted by atomic mass is 35.5. The normalized spacial score (nSPS) is 11.1. The van der Waals surface area contributed by atoms with Gasteiger partial charge in [-0.2, -0.15) is 5.10 Å². The number of benzene rings is 1. The zero-order chi connectivity index (χ0) is 10.1. The Morgan fingerprint density at radius 1 is 1.50 bits per heavy atom. The number of hydrogen-bond donors (Lipinski definition) is 1. The summed E-state index contributed by atoms with van der Waals surface area (Å²) in [5.41, 5.74) is 2.07. The standard InChI is InChI=1S/C10H12ClN3/c1-12-6-8-10-7(11)4-3-5-9(10)14(2)13-8/h3-5,12H,6H2,1-2H3. The van der Waals surface area contributed by atoms with E-state index in [0.29, 0.717) is 0 Å². The van der Waals surface area contributed by atoms with Gasteiger partial charge in [-0.15, -0.1) is 0 Å². The molecule has 0 spiro atoms. The van der Waals surface area contributed by atoms with Gasteiger partial charge in [0.25, 0.3) is 0 Å². The van der Waals surface area contributed by atoms with E-state index in [1.165, 1.54) is 0 Å². The van der Waals surface area contributed by atoms with Crippen LogP contribution in [0.1, 0.15) is 5.69 Å². The van der Waals surface area contributed by atoms with E-state index in [1.807, 2.05) is 37.0 Å². The summed E-state index contributed by atoms with van der Waals surface area (Å²) in [4.78, 5) is 0. The zero-order valence-electron chi connectivity index (χ0n) is 8.21. The van der Waals surface area contributed by atoms with E-state index in [9.17, 15) is 0 Å². The Balaban J connectivity index is 2.72. The lowest BCUT2D eigenvalue weighted by molar-refractivity contribution is 0.726. The third-order valence-corrected chi connectivity index (χ3v) is 2.56. The lowest BCUT2D eigenvalue weighted by Gasteiger charge is -1.97. The van der Waals surface area contributed by atoms with Gasteiger partial charge >= 0.3 is 0 Å². The van der Waals surface area contributed by atoms with Crippen LogP contribution >= 0.6 is 11.6 Å². The second kappa shape index (κ2) is 3.59. The molecule has 0 amide bonds. The first-order valence-corrected chi connectivity index (χ1v) is 4.86. The number of fused-ring (bicyclic) bond motifs is 1. The maximum atomic E-state index is 6.13. The van der Waals surface area contributed by atoms with E-state index < -0.39 is 0 Å². The van der Waals surface area contributed by atoms with Crippen molar-refractivity contribution in [3.8, 4) is 0 Å². The summed E-state index contributed by atoms with van der Waals surface area (Å²) in [5.74, 6) is 0. The van der Waals surface area contributed by atoms with Gasteiger partial charge in [0.15, 0.2) is 0 Å². The van der Waals surface area contributed by atoms with Crippen LogP contribution in [0.4, 0.5) is 0 Å². The topological polar surface area (TPSA) is 29.9 Å². The van der Waals surface area contributed by atoms with Crippen molar-refractivity contribution < 1.29 is 0 Å². The molecule has 3 nitrogen and oxygen atoms in total. The fourth-order valence-corrected chi connectivity index (χ4v) is 1.92. The molecule has 0 unspecified atom stereocenters. The minimum absolute atomic E-state index is 0.737. The van der Waals surface area contributed by atoms with Crippen LogP contribution in [0.2, 0.25) is 5.02 Å². The summed E-state index contributed by atoms with van der Waals surface area (Å²) in [6, 6.07) is 5.85. The van der Waals surface area contributed by atoms with Crippen LogP contribution in [0.15, 0.2) is 18.2 Å². The Labute approximate surface area is 87.7 Å². The highest BCUT2D eigenvalue weighted by molar-refractivity contribution is 6.35. The summed E-state index contributed by atoms with van der Waals surface area (Å²) in [7, 11) is 3.83. The van der Waals surface area contributed by atoms with Crippen LogP contribution in [0.25, 0.3) is 10.9 Å². The van der Waals surface area contributed by atoms with Crippen molar-refractivity contribution in [1.82, 2.24) is 15.1 Å². The maximum absolute atomic E-state index is 6.13. The molecule has 0 aliphatic heterocycles. The van der Waals surface area contributed by atoms with Gasteiger partial charge in [-0.05, 0) is 19.2 Å². The molecule has 4 heteroatoms. The molecule has 0 fully saturated rings. The first kappa shape index (κ1) is 9.49. The van der Waals surface area contributed by atoms with E-state index in [0.717, 1.165) is 28.2 Å². The number of hydrogen-bond acceptors (Lipinski definition) is 2. The molecule has 0 aliphatic carbocycles. The monoisotopic (exact) mass is 209 g/mol. The molecule has 0 aliphatic rings. The number of rotatable bonds is 2. The first-order valence-electron chi connectivity index (χ1n) is 4.48. The van der Waals surface area contributed by atoms with Gasteiger partial charge < -0.3 is 5.32 Å². The average molecular weight is 210 g/mol. The van der Waals surface area contributed by atoms with Gasteiger partial charge in [0, 0.05) is 19.0 Å². The molecule has 0 atom stereocenters. The SMILES string of the molecule is CNCc1nn(C)c2cccc(Cl)c12. The second-order valence-electron chi connectivity index (χ2n) is 3.23. The van der Waals surface area contributed by atoms with Crippen molar-refractivity contribution in [2.45, 2.75) is 6.54 Å². The smallest absolute Gasteiger partial charge is 0.0855 e. The Morgan fingerprint density at radius 3 is 3.00 bits per heavy atom. The number of aromatic nitrogens is 2. The highest BCUT2D eigenvalue weighted by Crippen LogP contribution is 2.25. The first-order chi connectivity index (χ1) is 6.74. The minimum atomic E-state index is 0.737. The summed E-state index contributed by atoms with van der Waals surface area (Å²) in [5, 5.41) is 9.30. The van der Waals surface area contributed by atoms with Crippen LogP contribution in [0.3, 0.4) is 0 Å². The minimum Gasteiger partial charge on any atom is -0.314 e. The molecule has 1 aromatic carbocycles. The average Bonchev–Trinajstić information content (AvgIpc) is 2.46. The molecule has 74 valence electrons. The molecule has 1 N–H and O–H groups in total. The van der Waals surface area contributed by atoms with E-state index in [4.69, 9.17) is 11.6 Å².